The molecule has 1 fully saturated rings. The van der Waals surface area contributed by atoms with E-state index in [2.05, 4.69) is 17.6 Å². The minimum Gasteiger partial charge on any atom is -0.359 e. The van der Waals surface area contributed by atoms with Gasteiger partial charge in [-0.15, -0.1) is 0 Å². The van der Waals surface area contributed by atoms with Gasteiger partial charge in [0.25, 0.3) is 11.6 Å². The molecule has 0 unspecified atom stereocenters. The summed E-state index contributed by atoms with van der Waals surface area (Å²) in [6, 6.07) is 5.70. The van der Waals surface area contributed by atoms with Crippen LogP contribution in [0.3, 0.4) is 0 Å². The molecule has 0 heterocycles. The summed E-state index contributed by atoms with van der Waals surface area (Å²) in [7, 11) is 0. The first-order valence-corrected chi connectivity index (χ1v) is 10.3. The van der Waals surface area contributed by atoms with E-state index in [1.54, 1.807) is 0 Å². The highest BCUT2D eigenvalue weighted by Gasteiger charge is 2.15. The largest absolute Gasteiger partial charge is 0.359 e. The second kappa shape index (κ2) is 14.6. The van der Waals surface area contributed by atoms with Gasteiger partial charge in [-0.1, -0.05) is 45.4 Å². The van der Waals surface area contributed by atoms with Crippen LogP contribution in [0.25, 0.3) is 0 Å². The van der Waals surface area contributed by atoms with E-state index in [1.165, 1.54) is 75.6 Å². The van der Waals surface area contributed by atoms with Crippen LogP contribution >= 0.6 is 0 Å². The van der Waals surface area contributed by atoms with Gasteiger partial charge in [0, 0.05) is 30.8 Å². The number of carbonyl (C=O) groups excluding carboxylic acids is 2. The normalized spacial score (nSPS) is 13.8. The van der Waals surface area contributed by atoms with Crippen molar-refractivity contribution in [2.75, 3.05) is 13.1 Å². The molecule has 28 heavy (non-hydrogen) atoms. The van der Waals surface area contributed by atoms with Crippen LogP contribution in [0.2, 0.25) is 0 Å². The van der Waals surface area contributed by atoms with Crippen molar-refractivity contribution in [3.8, 4) is 0 Å². The van der Waals surface area contributed by atoms with Gasteiger partial charge >= 0.3 is 0 Å². The average molecular weight is 392 g/mol. The number of nitrogens with zero attached hydrogens (tertiary/aromatic N) is 1. The van der Waals surface area contributed by atoms with Crippen LogP contribution in [0, 0.1) is 16.0 Å². The number of unbranched alkanes of at least 4 members (excludes halogenated alkanes) is 3. The zero-order chi connectivity index (χ0) is 20.6. The Hall–Kier alpha value is -2.44. The highest BCUT2D eigenvalue weighted by Crippen LogP contribution is 2.22. The third kappa shape index (κ3) is 10.0. The molecule has 0 atom stereocenters. The zero-order valence-corrected chi connectivity index (χ0v) is 16.8. The van der Waals surface area contributed by atoms with Crippen molar-refractivity contribution in [2.24, 2.45) is 5.92 Å². The Morgan fingerprint density at radius 1 is 1.14 bits per heavy atom. The van der Waals surface area contributed by atoms with Gasteiger partial charge in [0.05, 0.1) is 4.92 Å². The first-order valence-electron chi connectivity index (χ1n) is 10.3. The molecule has 2 amide bonds. The molecule has 156 valence electrons. The van der Waals surface area contributed by atoms with Crippen LogP contribution in [-0.4, -0.2) is 30.3 Å². The van der Waals surface area contributed by atoms with E-state index in [-0.39, 0.29) is 11.6 Å². The molecule has 1 saturated carbocycles. The van der Waals surface area contributed by atoms with Crippen molar-refractivity contribution < 1.29 is 14.5 Å². The van der Waals surface area contributed by atoms with Crippen LogP contribution in [-0.2, 0) is 4.79 Å². The van der Waals surface area contributed by atoms with E-state index in [0.717, 1.165) is 19.4 Å². The van der Waals surface area contributed by atoms with Gasteiger partial charge in [0.15, 0.2) is 0 Å². The summed E-state index contributed by atoms with van der Waals surface area (Å²) in [5.74, 6) is 0.427. The SMILES string of the molecule is CCCCCCNC=O.O=C(NCC1CCCCC1)c1ccc([N+](=O)[O-])cc1. The Morgan fingerprint density at radius 2 is 1.82 bits per heavy atom. The van der Waals surface area contributed by atoms with Crippen molar-refractivity contribution in [3.63, 3.8) is 0 Å². The molecular formula is C21H33N3O4. The fraction of sp³-hybridized carbons (Fsp3) is 0.619. The van der Waals surface area contributed by atoms with Gasteiger partial charge in [0.1, 0.15) is 0 Å². The molecule has 0 aliphatic heterocycles. The van der Waals surface area contributed by atoms with Gasteiger partial charge in [-0.25, -0.2) is 0 Å². The zero-order valence-electron chi connectivity index (χ0n) is 16.8. The van der Waals surface area contributed by atoms with Crippen LogP contribution in [0.15, 0.2) is 24.3 Å². The number of nitro groups is 1. The van der Waals surface area contributed by atoms with E-state index in [9.17, 15) is 19.7 Å². The van der Waals surface area contributed by atoms with Gasteiger partial charge in [-0.2, -0.15) is 0 Å². The molecule has 0 bridgehead atoms. The monoisotopic (exact) mass is 391 g/mol. The first kappa shape index (κ1) is 23.6. The molecule has 0 aromatic heterocycles. The molecule has 0 saturated heterocycles. The predicted octanol–water partition coefficient (Wildman–Crippen LogP) is 4.22. The average Bonchev–Trinajstić information content (AvgIpc) is 2.73. The third-order valence-corrected chi connectivity index (χ3v) is 4.87. The number of rotatable bonds is 10. The highest BCUT2D eigenvalue weighted by atomic mass is 16.6. The van der Waals surface area contributed by atoms with E-state index < -0.39 is 4.92 Å². The Kier molecular flexibility index (Phi) is 12.3. The number of carbonyl (C=O) groups is 2. The standard InChI is InChI=1S/C14H18N2O3.C7H15NO/c17-14(15-10-11-4-2-1-3-5-11)12-6-8-13(9-7-12)16(18)19;1-2-3-4-5-6-8-7-9/h6-9,11H,1-5,10H2,(H,15,17);7H,2-6H2,1H3,(H,8,9). The maximum Gasteiger partial charge on any atom is 0.269 e. The van der Waals surface area contributed by atoms with Crippen molar-refractivity contribution in [3.05, 3.63) is 39.9 Å². The smallest absolute Gasteiger partial charge is 0.269 e. The summed E-state index contributed by atoms with van der Waals surface area (Å²) < 4.78 is 0. The number of non-ortho nitro benzene ring substituents is 1. The lowest BCUT2D eigenvalue weighted by atomic mass is 9.89. The second-order valence-electron chi connectivity index (χ2n) is 7.15. The Morgan fingerprint density at radius 3 is 2.39 bits per heavy atom. The molecule has 7 nitrogen and oxygen atoms in total. The summed E-state index contributed by atoms with van der Waals surface area (Å²) in [5.41, 5.74) is 0.477. The Balaban J connectivity index is 0.000000370. The molecule has 7 heteroatoms. The highest BCUT2D eigenvalue weighted by molar-refractivity contribution is 5.94. The summed E-state index contributed by atoms with van der Waals surface area (Å²) in [4.78, 5) is 31.7. The number of nitro benzene ring substituents is 1. The lowest BCUT2D eigenvalue weighted by Crippen LogP contribution is -2.30. The van der Waals surface area contributed by atoms with E-state index in [4.69, 9.17) is 0 Å². The lowest BCUT2D eigenvalue weighted by molar-refractivity contribution is -0.384. The quantitative estimate of drug-likeness (QED) is 0.270. The fourth-order valence-electron chi connectivity index (χ4n) is 3.18. The van der Waals surface area contributed by atoms with Crippen molar-refractivity contribution in [2.45, 2.75) is 64.7 Å². The minimum absolute atomic E-state index is 0.00355. The molecule has 2 N–H and O–H groups in total. The van der Waals surface area contributed by atoms with Gasteiger partial charge < -0.3 is 10.6 Å². The fourth-order valence-corrected chi connectivity index (χ4v) is 3.18. The second-order valence-corrected chi connectivity index (χ2v) is 7.15. The van der Waals surface area contributed by atoms with Crippen molar-refractivity contribution in [1.82, 2.24) is 10.6 Å². The Bertz CT molecular complexity index is 584. The van der Waals surface area contributed by atoms with Gasteiger partial charge in [0.2, 0.25) is 6.41 Å². The van der Waals surface area contributed by atoms with Crippen LogP contribution < -0.4 is 10.6 Å². The summed E-state index contributed by atoms with van der Waals surface area (Å²) in [5, 5.41) is 16.1. The van der Waals surface area contributed by atoms with E-state index in [0.29, 0.717) is 18.0 Å². The van der Waals surface area contributed by atoms with Crippen LogP contribution in [0.1, 0.15) is 75.1 Å². The number of hydrogen-bond acceptors (Lipinski definition) is 4. The number of nitrogens with one attached hydrogen (secondary N) is 2. The number of amides is 2. The molecule has 1 aromatic carbocycles. The lowest BCUT2D eigenvalue weighted by Gasteiger charge is -2.21. The minimum atomic E-state index is -0.469. The molecule has 1 aromatic rings. The maximum absolute atomic E-state index is 11.9. The molecule has 1 aliphatic rings. The molecule has 1 aliphatic carbocycles. The first-order chi connectivity index (χ1) is 13.6. The van der Waals surface area contributed by atoms with Crippen LogP contribution in [0.5, 0.6) is 0 Å². The van der Waals surface area contributed by atoms with E-state index in [1.807, 2.05) is 0 Å². The van der Waals surface area contributed by atoms with Crippen LogP contribution in [0.4, 0.5) is 5.69 Å². The van der Waals surface area contributed by atoms with Crippen molar-refractivity contribution in [1.29, 1.82) is 0 Å². The summed E-state index contributed by atoms with van der Waals surface area (Å²) in [6.45, 7) is 3.71. The summed E-state index contributed by atoms with van der Waals surface area (Å²) in [6.07, 6.45) is 11.8. The molecular weight excluding hydrogens is 358 g/mol. The molecule has 0 spiro atoms. The number of benzene rings is 1. The predicted molar refractivity (Wildman–Crippen MR) is 110 cm³/mol. The third-order valence-electron chi connectivity index (χ3n) is 4.87. The Labute approximate surface area is 167 Å². The van der Waals surface area contributed by atoms with Gasteiger partial charge in [-0.3, -0.25) is 19.7 Å². The molecule has 2 rings (SSSR count). The molecule has 0 radical (unpaired) electrons. The van der Waals surface area contributed by atoms with Gasteiger partial charge in [-0.05, 0) is 37.3 Å². The summed E-state index contributed by atoms with van der Waals surface area (Å²) >= 11 is 0. The number of hydrogen-bond donors (Lipinski definition) is 2. The van der Waals surface area contributed by atoms with E-state index >= 15 is 0 Å². The maximum atomic E-state index is 11.9. The topological polar surface area (TPSA) is 101 Å². The van der Waals surface area contributed by atoms with Crippen molar-refractivity contribution >= 4 is 18.0 Å².